The minimum atomic E-state index is -0.0113. The third kappa shape index (κ3) is 2.82. The van der Waals surface area contributed by atoms with Crippen LogP contribution in [0.3, 0.4) is 0 Å². The molecule has 2 aromatic rings. The molecule has 4 rings (SSSR count). The molecule has 4 nitrogen and oxygen atoms in total. The van der Waals surface area contributed by atoms with Gasteiger partial charge < -0.3 is 10.2 Å². The van der Waals surface area contributed by atoms with Crippen molar-refractivity contribution in [3.63, 3.8) is 0 Å². The van der Waals surface area contributed by atoms with Crippen LogP contribution in [0.25, 0.3) is 10.2 Å². The van der Waals surface area contributed by atoms with Crippen LogP contribution in [0.15, 0.2) is 0 Å². The Balaban J connectivity index is 1.92. The summed E-state index contributed by atoms with van der Waals surface area (Å²) in [6.45, 7) is 13.6. The Morgan fingerprint density at radius 1 is 1.17 bits per heavy atom. The van der Waals surface area contributed by atoms with E-state index in [1.165, 1.54) is 48.4 Å². The molecule has 2 aliphatic rings. The Hall–Kier alpha value is -1.20. The molecule has 2 N–H and O–H groups in total. The fraction of sp³-hybridized carbons (Fsp3) is 0.684. The lowest BCUT2D eigenvalue weighted by Gasteiger charge is -2.29. The Morgan fingerprint density at radius 2 is 1.92 bits per heavy atom. The van der Waals surface area contributed by atoms with Gasteiger partial charge in [-0.05, 0) is 30.7 Å². The highest BCUT2D eigenvalue weighted by molar-refractivity contribution is 7.19. The highest BCUT2D eigenvalue weighted by atomic mass is 32.1. The molecule has 0 saturated carbocycles. The predicted molar refractivity (Wildman–Crippen MR) is 101 cm³/mol. The molecule has 0 spiro atoms. The van der Waals surface area contributed by atoms with Gasteiger partial charge in [-0.25, -0.2) is 9.97 Å². The average molecular weight is 346 g/mol. The number of aryl methyl sites for hydroxylation is 1. The molecule has 0 amide bonds. The number of hydrogen-bond acceptors (Lipinski definition) is 4. The zero-order valence-corrected chi connectivity index (χ0v) is 16.2. The van der Waals surface area contributed by atoms with Gasteiger partial charge in [-0.1, -0.05) is 27.7 Å². The summed E-state index contributed by atoms with van der Waals surface area (Å²) in [5.74, 6) is 3.00. The molecule has 0 unspecified atom stereocenters. The maximum atomic E-state index is 5.10. The van der Waals surface area contributed by atoms with Gasteiger partial charge in [-0.15, -0.1) is 11.3 Å². The van der Waals surface area contributed by atoms with Crippen molar-refractivity contribution in [3.05, 3.63) is 16.3 Å². The van der Waals surface area contributed by atoms with Crippen LogP contribution < -0.4 is 10.2 Å². The molecule has 24 heavy (non-hydrogen) atoms. The van der Waals surface area contributed by atoms with Gasteiger partial charge in [0.15, 0.2) is 0 Å². The largest absolute Gasteiger partial charge is 0.345 e. The molecule has 1 aliphatic heterocycles. The number of piperazine rings is 1. The summed E-state index contributed by atoms with van der Waals surface area (Å²) < 4.78 is 0. The number of nitrogens with two attached hydrogens (primary N) is 1. The summed E-state index contributed by atoms with van der Waals surface area (Å²) in [5.41, 5.74) is 1.54. The maximum Gasteiger partial charge on any atom is 0.141 e. The summed E-state index contributed by atoms with van der Waals surface area (Å²) in [4.78, 5) is 15.4. The first-order valence-electron chi connectivity index (χ1n) is 9.33. The number of nitrogens with zero attached hydrogens (tertiary/aromatic N) is 3. The number of fused-ring (bicyclic) bond motifs is 3. The predicted octanol–water partition coefficient (Wildman–Crippen LogP) is 2.50. The zero-order chi connectivity index (χ0) is 16.9. The Bertz CT molecular complexity index is 753. The highest BCUT2D eigenvalue weighted by Gasteiger charge is 2.29. The van der Waals surface area contributed by atoms with Crippen LogP contribution in [-0.2, 0) is 18.3 Å². The number of hydrogen-bond donors (Lipinski definition) is 1. The second-order valence-electron chi connectivity index (χ2n) is 8.51. The summed E-state index contributed by atoms with van der Waals surface area (Å²) in [6.07, 6.45) is 3.71. The lowest BCUT2D eigenvalue weighted by Crippen LogP contribution is -2.89. The van der Waals surface area contributed by atoms with E-state index >= 15 is 0 Å². The second-order valence-corrected chi connectivity index (χ2v) is 9.59. The van der Waals surface area contributed by atoms with Gasteiger partial charge in [-0.2, -0.15) is 0 Å². The van der Waals surface area contributed by atoms with Crippen molar-refractivity contribution in [1.82, 2.24) is 9.97 Å². The molecule has 0 aromatic carbocycles. The van der Waals surface area contributed by atoms with E-state index in [9.17, 15) is 0 Å². The van der Waals surface area contributed by atoms with Gasteiger partial charge in [0.2, 0.25) is 0 Å². The maximum absolute atomic E-state index is 5.10. The number of anilines is 1. The lowest BCUT2D eigenvalue weighted by molar-refractivity contribution is -0.655. The van der Waals surface area contributed by atoms with Gasteiger partial charge in [0.25, 0.3) is 0 Å². The van der Waals surface area contributed by atoms with Crippen molar-refractivity contribution in [2.75, 3.05) is 31.1 Å². The van der Waals surface area contributed by atoms with E-state index in [1.54, 1.807) is 10.4 Å². The number of aromatic nitrogens is 2. The van der Waals surface area contributed by atoms with Crippen molar-refractivity contribution >= 4 is 27.4 Å². The third-order valence-electron chi connectivity index (χ3n) is 5.31. The standard InChI is InChI=1S/C19H28N4S/c1-12-5-6-13-14(11-12)24-17-15(13)16(23-9-7-20-8-10-23)21-18(22-17)19(2,3)4/h12,20H,5-11H2,1-4H3/p+1/t12-/m1/s1. The van der Waals surface area contributed by atoms with Gasteiger partial charge in [-0.3, -0.25) is 0 Å². The number of rotatable bonds is 1. The normalized spacial score (nSPS) is 22.0. The first-order valence-corrected chi connectivity index (χ1v) is 10.1. The van der Waals surface area contributed by atoms with Crippen LogP contribution in [0, 0.1) is 5.92 Å². The molecule has 0 bridgehead atoms. The van der Waals surface area contributed by atoms with E-state index < -0.39 is 0 Å². The van der Waals surface area contributed by atoms with Gasteiger partial charge in [0, 0.05) is 10.3 Å². The minimum Gasteiger partial charge on any atom is -0.345 e. The van der Waals surface area contributed by atoms with Crippen molar-refractivity contribution in [1.29, 1.82) is 0 Å². The van der Waals surface area contributed by atoms with Gasteiger partial charge in [0.1, 0.15) is 16.5 Å². The highest BCUT2D eigenvalue weighted by Crippen LogP contribution is 2.41. The summed E-state index contributed by atoms with van der Waals surface area (Å²) in [7, 11) is 0. The SMILES string of the molecule is C[C@@H]1CCc2c(sc3nc(C(C)(C)C)nc(N4CC[NH2+]CC4)c23)C1. The molecular formula is C19H29N4S+. The van der Waals surface area contributed by atoms with Crippen molar-refractivity contribution in [2.45, 2.75) is 52.4 Å². The Kier molecular flexibility index (Phi) is 4.04. The topological polar surface area (TPSA) is 45.6 Å². The van der Waals surface area contributed by atoms with E-state index in [-0.39, 0.29) is 5.41 Å². The molecule has 2 aromatic heterocycles. The smallest absolute Gasteiger partial charge is 0.141 e. The second kappa shape index (κ2) is 5.95. The minimum absolute atomic E-state index is 0.0113. The quantitative estimate of drug-likeness (QED) is 0.864. The molecule has 1 atom stereocenters. The summed E-state index contributed by atoms with van der Waals surface area (Å²) in [5, 5.41) is 3.78. The van der Waals surface area contributed by atoms with Crippen LogP contribution in [0.4, 0.5) is 5.82 Å². The van der Waals surface area contributed by atoms with Gasteiger partial charge in [0.05, 0.1) is 31.6 Å². The molecule has 1 fully saturated rings. The Morgan fingerprint density at radius 3 is 2.62 bits per heavy atom. The van der Waals surface area contributed by atoms with Crippen LogP contribution in [0.1, 0.15) is 50.4 Å². The molecule has 5 heteroatoms. The van der Waals surface area contributed by atoms with E-state index in [2.05, 4.69) is 37.9 Å². The third-order valence-corrected chi connectivity index (χ3v) is 6.46. The number of thiophene rings is 1. The van der Waals surface area contributed by atoms with Crippen LogP contribution in [0.2, 0.25) is 0 Å². The molecular weight excluding hydrogens is 316 g/mol. The fourth-order valence-corrected chi connectivity index (χ4v) is 5.23. The first-order chi connectivity index (χ1) is 11.4. The molecule has 1 aliphatic carbocycles. The van der Waals surface area contributed by atoms with Crippen LogP contribution in [-0.4, -0.2) is 36.1 Å². The molecule has 1 saturated heterocycles. The van der Waals surface area contributed by atoms with Gasteiger partial charge >= 0.3 is 0 Å². The fourth-order valence-electron chi connectivity index (χ4n) is 3.85. The molecule has 3 heterocycles. The van der Waals surface area contributed by atoms with E-state index in [0.29, 0.717) is 0 Å². The van der Waals surface area contributed by atoms with Crippen LogP contribution >= 0.6 is 11.3 Å². The first kappa shape index (κ1) is 16.3. The van der Waals surface area contributed by atoms with E-state index in [0.717, 1.165) is 24.8 Å². The van der Waals surface area contributed by atoms with E-state index in [4.69, 9.17) is 9.97 Å². The van der Waals surface area contributed by atoms with Crippen LogP contribution in [0.5, 0.6) is 0 Å². The monoisotopic (exact) mass is 345 g/mol. The lowest BCUT2D eigenvalue weighted by atomic mass is 9.89. The van der Waals surface area contributed by atoms with E-state index in [1.807, 2.05) is 11.3 Å². The zero-order valence-electron chi connectivity index (χ0n) is 15.4. The summed E-state index contributed by atoms with van der Waals surface area (Å²) >= 11 is 1.93. The summed E-state index contributed by atoms with van der Waals surface area (Å²) in [6, 6.07) is 0. The van der Waals surface area contributed by atoms with Crippen molar-refractivity contribution < 1.29 is 5.32 Å². The average Bonchev–Trinajstić information content (AvgIpc) is 2.91. The molecule has 0 radical (unpaired) electrons. The van der Waals surface area contributed by atoms with Crippen molar-refractivity contribution in [2.24, 2.45) is 5.92 Å². The molecule has 130 valence electrons. The van der Waals surface area contributed by atoms with Crippen molar-refractivity contribution in [3.8, 4) is 0 Å². The Labute approximate surface area is 148 Å². The number of quaternary nitrogens is 1.